The van der Waals surface area contributed by atoms with Crippen molar-refractivity contribution in [1.82, 2.24) is 0 Å². The molecule has 0 aromatic rings. The Kier molecular flexibility index (Phi) is 7.97. The number of hydrogen-bond acceptors (Lipinski definition) is 0. The van der Waals surface area contributed by atoms with Crippen molar-refractivity contribution in [3.8, 4) is 0 Å². The fraction of sp³-hybridized carbons (Fsp3) is 1.00. The molecule has 1 rings (SSSR count). The Bertz CT molecular complexity index is 173. The van der Waals surface area contributed by atoms with Gasteiger partial charge in [0.2, 0.25) is 0 Å². The van der Waals surface area contributed by atoms with Crippen molar-refractivity contribution in [2.24, 2.45) is 17.8 Å². The van der Waals surface area contributed by atoms with Crippen molar-refractivity contribution in [2.45, 2.75) is 91.4 Å². The van der Waals surface area contributed by atoms with Gasteiger partial charge in [-0.25, -0.2) is 0 Å². The van der Waals surface area contributed by atoms with E-state index in [2.05, 4.69) is 20.8 Å². The summed E-state index contributed by atoms with van der Waals surface area (Å²) in [6.45, 7) is 7.03. The normalized spacial score (nSPS) is 26.3. The maximum Gasteiger partial charge on any atom is -0.0409 e. The summed E-state index contributed by atoms with van der Waals surface area (Å²) >= 11 is 0. The van der Waals surface area contributed by atoms with Crippen LogP contribution in [0.25, 0.3) is 0 Å². The van der Waals surface area contributed by atoms with Gasteiger partial charge < -0.3 is 0 Å². The molecule has 3 unspecified atom stereocenters. The summed E-state index contributed by atoms with van der Waals surface area (Å²) in [5.41, 5.74) is 0. The van der Waals surface area contributed by atoms with E-state index in [1.807, 2.05) is 0 Å². The van der Waals surface area contributed by atoms with Gasteiger partial charge in [-0.1, -0.05) is 78.6 Å². The van der Waals surface area contributed by atoms with Crippen LogP contribution in [0.2, 0.25) is 0 Å². The molecule has 0 bridgehead atoms. The topological polar surface area (TPSA) is 0 Å². The predicted molar refractivity (Wildman–Crippen MR) is 78.3 cm³/mol. The molecule has 0 saturated heterocycles. The summed E-state index contributed by atoms with van der Waals surface area (Å²) in [5.74, 6) is 3.20. The third-order valence-electron chi connectivity index (χ3n) is 4.81. The Morgan fingerprint density at radius 1 is 0.941 bits per heavy atom. The lowest BCUT2D eigenvalue weighted by molar-refractivity contribution is 0.334. The van der Waals surface area contributed by atoms with E-state index in [1.165, 1.54) is 64.2 Å². The van der Waals surface area contributed by atoms with Crippen molar-refractivity contribution >= 4 is 0 Å². The van der Waals surface area contributed by atoms with Gasteiger partial charge in [-0.15, -0.1) is 0 Å². The zero-order valence-corrected chi connectivity index (χ0v) is 12.5. The minimum absolute atomic E-state index is 1.03. The Hall–Kier alpha value is 0. The van der Waals surface area contributed by atoms with E-state index in [0.717, 1.165) is 17.8 Å². The van der Waals surface area contributed by atoms with Crippen molar-refractivity contribution in [1.29, 1.82) is 0 Å². The molecular formula is C17H34. The maximum absolute atomic E-state index is 2.38. The zero-order chi connectivity index (χ0) is 12.5. The molecule has 102 valence electrons. The average molecular weight is 238 g/mol. The third-order valence-corrected chi connectivity index (χ3v) is 4.81. The summed E-state index contributed by atoms with van der Waals surface area (Å²) in [5, 5.41) is 0. The standard InChI is InChI=1S/C17H34/c1-4-7-8-10-16-11-12-17(14-16)13-15(6-3)9-5-2/h15-17H,4-14H2,1-3H3. The molecule has 0 nitrogen and oxygen atoms in total. The SMILES string of the molecule is CCCCCC1CCC(CC(CC)CCC)C1. The minimum atomic E-state index is 1.03. The van der Waals surface area contributed by atoms with Crippen LogP contribution in [0.4, 0.5) is 0 Å². The van der Waals surface area contributed by atoms with Crippen molar-refractivity contribution in [3.63, 3.8) is 0 Å². The van der Waals surface area contributed by atoms with Gasteiger partial charge in [-0.3, -0.25) is 0 Å². The van der Waals surface area contributed by atoms with Crippen LogP contribution in [-0.2, 0) is 0 Å². The number of hydrogen-bond donors (Lipinski definition) is 0. The largest absolute Gasteiger partial charge is 0.0654 e. The lowest BCUT2D eigenvalue weighted by Crippen LogP contribution is -2.06. The fourth-order valence-electron chi connectivity index (χ4n) is 3.71. The van der Waals surface area contributed by atoms with E-state index in [1.54, 1.807) is 6.42 Å². The quantitative estimate of drug-likeness (QED) is 0.419. The molecule has 1 aliphatic carbocycles. The Morgan fingerprint density at radius 2 is 1.71 bits per heavy atom. The lowest BCUT2D eigenvalue weighted by Gasteiger charge is -2.18. The third kappa shape index (κ3) is 5.93. The predicted octanol–water partition coefficient (Wildman–Crippen LogP) is 6.20. The van der Waals surface area contributed by atoms with Crippen LogP contribution in [0.3, 0.4) is 0 Å². The first-order chi connectivity index (χ1) is 8.30. The van der Waals surface area contributed by atoms with Gasteiger partial charge in [0.25, 0.3) is 0 Å². The smallest absolute Gasteiger partial charge is 0.0409 e. The van der Waals surface area contributed by atoms with E-state index in [0.29, 0.717) is 0 Å². The highest BCUT2D eigenvalue weighted by Gasteiger charge is 2.25. The first-order valence-electron chi connectivity index (χ1n) is 8.30. The van der Waals surface area contributed by atoms with E-state index in [4.69, 9.17) is 0 Å². The highest BCUT2D eigenvalue weighted by molar-refractivity contribution is 4.77. The second kappa shape index (κ2) is 9.00. The van der Waals surface area contributed by atoms with Crippen molar-refractivity contribution < 1.29 is 0 Å². The van der Waals surface area contributed by atoms with Gasteiger partial charge in [0, 0.05) is 0 Å². The van der Waals surface area contributed by atoms with Crippen LogP contribution < -0.4 is 0 Å². The van der Waals surface area contributed by atoms with E-state index < -0.39 is 0 Å². The van der Waals surface area contributed by atoms with Gasteiger partial charge in [-0.05, 0) is 30.6 Å². The molecule has 0 heteroatoms. The summed E-state index contributed by atoms with van der Waals surface area (Å²) in [4.78, 5) is 0. The summed E-state index contributed by atoms with van der Waals surface area (Å²) in [7, 11) is 0. The fourth-order valence-corrected chi connectivity index (χ4v) is 3.71. The first-order valence-corrected chi connectivity index (χ1v) is 8.30. The van der Waals surface area contributed by atoms with Crippen molar-refractivity contribution in [2.75, 3.05) is 0 Å². The van der Waals surface area contributed by atoms with Crippen LogP contribution >= 0.6 is 0 Å². The van der Waals surface area contributed by atoms with Crippen molar-refractivity contribution in [3.05, 3.63) is 0 Å². The average Bonchev–Trinajstić information content (AvgIpc) is 2.77. The van der Waals surface area contributed by atoms with Gasteiger partial charge in [0.15, 0.2) is 0 Å². The lowest BCUT2D eigenvalue weighted by atomic mass is 9.87. The van der Waals surface area contributed by atoms with Crippen LogP contribution in [-0.4, -0.2) is 0 Å². The summed E-state index contributed by atoms with van der Waals surface area (Å²) < 4.78 is 0. The van der Waals surface area contributed by atoms with Crippen LogP contribution in [0.15, 0.2) is 0 Å². The Balaban J connectivity index is 2.15. The Morgan fingerprint density at radius 3 is 2.35 bits per heavy atom. The monoisotopic (exact) mass is 238 g/mol. The maximum atomic E-state index is 2.38. The highest BCUT2D eigenvalue weighted by Crippen LogP contribution is 2.38. The van der Waals surface area contributed by atoms with E-state index in [9.17, 15) is 0 Å². The second-order valence-corrected chi connectivity index (χ2v) is 6.34. The van der Waals surface area contributed by atoms with E-state index in [-0.39, 0.29) is 0 Å². The minimum Gasteiger partial charge on any atom is -0.0654 e. The molecule has 0 N–H and O–H groups in total. The number of unbranched alkanes of at least 4 members (excludes halogenated alkanes) is 2. The molecule has 0 aromatic heterocycles. The molecule has 1 fully saturated rings. The Labute approximate surface area is 110 Å². The van der Waals surface area contributed by atoms with Crippen LogP contribution in [0, 0.1) is 17.8 Å². The highest BCUT2D eigenvalue weighted by atomic mass is 14.3. The molecule has 0 heterocycles. The summed E-state index contributed by atoms with van der Waals surface area (Å²) in [6.07, 6.45) is 16.3. The molecule has 0 aliphatic heterocycles. The molecule has 0 amide bonds. The molecule has 3 atom stereocenters. The zero-order valence-electron chi connectivity index (χ0n) is 12.5. The molecule has 0 aromatic carbocycles. The van der Waals surface area contributed by atoms with Crippen LogP contribution in [0.5, 0.6) is 0 Å². The summed E-state index contributed by atoms with van der Waals surface area (Å²) in [6, 6.07) is 0. The number of rotatable bonds is 9. The second-order valence-electron chi connectivity index (χ2n) is 6.34. The van der Waals surface area contributed by atoms with Gasteiger partial charge in [0.1, 0.15) is 0 Å². The van der Waals surface area contributed by atoms with E-state index >= 15 is 0 Å². The molecule has 17 heavy (non-hydrogen) atoms. The molecular weight excluding hydrogens is 204 g/mol. The van der Waals surface area contributed by atoms with Gasteiger partial charge >= 0.3 is 0 Å². The first kappa shape index (κ1) is 15.1. The van der Waals surface area contributed by atoms with Gasteiger partial charge in [-0.2, -0.15) is 0 Å². The molecule has 1 saturated carbocycles. The van der Waals surface area contributed by atoms with Crippen LogP contribution in [0.1, 0.15) is 91.4 Å². The molecule has 0 radical (unpaired) electrons. The van der Waals surface area contributed by atoms with Gasteiger partial charge in [0.05, 0.1) is 0 Å². The molecule has 0 spiro atoms. The molecule has 1 aliphatic rings.